The molecule has 3 rings (SSSR count). The smallest absolute Gasteiger partial charge is 0.295 e. The molecule has 1 N–H and O–H groups in total. The topological polar surface area (TPSA) is 54.1 Å². The van der Waals surface area contributed by atoms with Crippen LogP contribution in [0.1, 0.15) is 12.8 Å². The molecule has 7 heteroatoms. The summed E-state index contributed by atoms with van der Waals surface area (Å²) in [5, 5.41) is 11.3. The molecule has 2 saturated heterocycles. The quantitative estimate of drug-likeness (QED) is 0.659. The Labute approximate surface area is 129 Å². The standard InChI is InChI=1S/C15H21FN4O2/c1-17-6-8-19(9-7-17)14-11-13(18-4-2-3-5-18)12(16)10-15(14)20(21)22/h10-11H,2-9H2,1H3/p+1. The van der Waals surface area contributed by atoms with Crippen LogP contribution in [0.5, 0.6) is 0 Å². The number of quaternary nitrogens is 1. The van der Waals surface area contributed by atoms with Crippen molar-refractivity contribution in [1.29, 1.82) is 0 Å². The lowest BCUT2D eigenvalue weighted by atomic mass is 10.1. The third-order valence-electron chi connectivity index (χ3n) is 4.65. The Balaban J connectivity index is 1.97. The number of hydrogen-bond donors (Lipinski definition) is 1. The van der Waals surface area contributed by atoms with Crippen molar-refractivity contribution < 1.29 is 14.2 Å². The molecule has 0 amide bonds. The highest BCUT2D eigenvalue weighted by Gasteiger charge is 2.28. The summed E-state index contributed by atoms with van der Waals surface area (Å²) in [5.41, 5.74) is 0.935. The number of nitro groups is 1. The average Bonchev–Trinajstić information content (AvgIpc) is 3.02. The molecular formula is C15H22FN4O2+. The van der Waals surface area contributed by atoms with Crippen molar-refractivity contribution in [2.24, 2.45) is 0 Å². The largest absolute Gasteiger partial charge is 0.369 e. The van der Waals surface area contributed by atoms with Gasteiger partial charge in [-0.3, -0.25) is 10.1 Å². The van der Waals surface area contributed by atoms with E-state index in [2.05, 4.69) is 7.05 Å². The van der Waals surface area contributed by atoms with Gasteiger partial charge in [-0.2, -0.15) is 0 Å². The molecule has 120 valence electrons. The van der Waals surface area contributed by atoms with Crippen molar-refractivity contribution in [3.8, 4) is 0 Å². The normalized spacial score (nSPS) is 19.7. The monoisotopic (exact) mass is 309 g/mol. The summed E-state index contributed by atoms with van der Waals surface area (Å²) in [6.45, 7) is 5.04. The predicted octanol–water partition coefficient (Wildman–Crippen LogP) is 0.669. The van der Waals surface area contributed by atoms with Crippen LogP contribution in [-0.2, 0) is 0 Å². The molecule has 0 atom stereocenters. The molecule has 0 radical (unpaired) electrons. The molecule has 2 aliphatic heterocycles. The minimum Gasteiger partial charge on any atom is -0.369 e. The molecule has 0 aromatic heterocycles. The minimum atomic E-state index is -0.489. The van der Waals surface area contributed by atoms with Gasteiger partial charge in [0.15, 0.2) is 5.82 Å². The van der Waals surface area contributed by atoms with Gasteiger partial charge in [-0.1, -0.05) is 0 Å². The Hall–Kier alpha value is -1.89. The Morgan fingerprint density at radius 2 is 1.68 bits per heavy atom. The minimum absolute atomic E-state index is 0.125. The Bertz CT molecular complexity index is 567. The number of rotatable bonds is 3. The van der Waals surface area contributed by atoms with Crippen molar-refractivity contribution in [3.63, 3.8) is 0 Å². The second kappa shape index (κ2) is 6.08. The Morgan fingerprint density at radius 3 is 2.27 bits per heavy atom. The van der Waals surface area contributed by atoms with E-state index < -0.39 is 10.7 Å². The summed E-state index contributed by atoms with van der Waals surface area (Å²) in [7, 11) is 2.12. The van der Waals surface area contributed by atoms with E-state index in [-0.39, 0.29) is 5.69 Å². The van der Waals surface area contributed by atoms with Crippen LogP contribution in [0.4, 0.5) is 21.5 Å². The molecule has 0 saturated carbocycles. The van der Waals surface area contributed by atoms with Crippen molar-refractivity contribution in [3.05, 3.63) is 28.1 Å². The molecule has 6 nitrogen and oxygen atoms in total. The van der Waals surface area contributed by atoms with E-state index in [0.29, 0.717) is 11.4 Å². The maximum absolute atomic E-state index is 14.3. The first-order valence-corrected chi connectivity index (χ1v) is 7.85. The number of nitrogens with zero attached hydrogens (tertiary/aromatic N) is 3. The van der Waals surface area contributed by atoms with Gasteiger partial charge < -0.3 is 14.7 Å². The molecule has 2 fully saturated rings. The highest BCUT2D eigenvalue weighted by Crippen LogP contribution is 2.36. The fourth-order valence-electron chi connectivity index (χ4n) is 3.27. The molecule has 0 bridgehead atoms. The summed E-state index contributed by atoms with van der Waals surface area (Å²) >= 11 is 0. The molecule has 1 aromatic rings. The van der Waals surface area contributed by atoms with E-state index in [0.717, 1.165) is 58.2 Å². The zero-order valence-corrected chi connectivity index (χ0v) is 12.8. The number of hydrogen-bond acceptors (Lipinski definition) is 4. The average molecular weight is 309 g/mol. The van der Waals surface area contributed by atoms with E-state index in [1.807, 2.05) is 9.80 Å². The van der Waals surface area contributed by atoms with Crippen LogP contribution in [0.2, 0.25) is 0 Å². The lowest BCUT2D eigenvalue weighted by Gasteiger charge is -2.32. The third-order valence-corrected chi connectivity index (χ3v) is 4.65. The SMILES string of the molecule is C[NH+]1CCN(c2cc(N3CCCC3)c(F)cc2[N+](=O)[O-])CC1. The number of halogens is 1. The summed E-state index contributed by atoms with van der Waals surface area (Å²) in [4.78, 5) is 16.3. The van der Waals surface area contributed by atoms with Gasteiger partial charge in [-0.05, 0) is 18.9 Å². The van der Waals surface area contributed by atoms with Crippen LogP contribution in [0.25, 0.3) is 0 Å². The van der Waals surface area contributed by atoms with E-state index in [1.54, 1.807) is 6.07 Å². The van der Waals surface area contributed by atoms with E-state index in [1.165, 1.54) is 4.90 Å². The first-order chi connectivity index (χ1) is 10.6. The molecule has 0 spiro atoms. The molecule has 0 unspecified atom stereocenters. The molecular weight excluding hydrogens is 287 g/mol. The Morgan fingerprint density at radius 1 is 1.09 bits per heavy atom. The lowest BCUT2D eigenvalue weighted by molar-refractivity contribution is -0.880. The van der Waals surface area contributed by atoms with Crippen molar-refractivity contribution in [2.75, 3.05) is 56.1 Å². The van der Waals surface area contributed by atoms with Crippen molar-refractivity contribution in [2.45, 2.75) is 12.8 Å². The van der Waals surface area contributed by atoms with E-state index in [9.17, 15) is 14.5 Å². The molecule has 2 aliphatic rings. The zero-order chi connectivity index (χ0) is 15.7. The number of likely N-dealkylation sites (N-methyl/N-ethyl adjacent to an activating group) is 1. The third kappa shape index (κ3) is 2.85. The fourth-order valence-corrected chi connectivity index (χ4v) is 3.27. The first-order valence-electron chi connectivity index (χ1n) is 7.85. The second-order valence-corrected chi connectivity index (χ2v) is 6.19. The summed E-state index contributed by atoms with van der Waals surface area (Å²) < 4.78 is 14.3. The number of nitrogens with one attached hydrogen (secondary N) is 1. The van der Waals surface area contributed by atoms with E-state index >= 15 is 0 Å². The highest BCUT2D eigenvalue weighted by atomic mass is 19.1. The molecule has 22 heavy (non-hydrogen) atoms. The zero-order valence-electron chi connectivity index (χ0n) is 12.8. The van der Waals surface area contributed by atoms with Gasteiger partial charge in [-0.15, -0.1) is 0 Å². The summed E-state index contributed by atoms with van der Waals surface area (Å²) in [5.74, 6) is -0.489. The summed E-state index contributed by atoms with van der Waals surface area (Å²) in [6.07, 6.45) is 2.09. The van der Waals surface area contributed by atoms with Gasteiger partial charge in [0.05, 0.1) is 49.9 Å². The first kappa shape index (κ1) is 15.0. The highest BCUT2D eigenvalue weighted by molar-refractivity contribution is 5.71. The van der Waals surface area contributed by atoms with Crippen LogP contribution in [0.3, 0.4) is 0 Å². The maximum atomic E-state index is 14.3. The van der Waals surface area contributed by atoms with Crippen LogP contribution >= 0.6 is 0 Å². The van der Waals surface area contributed by atoms with Gasteiger partial charge in [0.2, 0.25) is 0 Å². The van der Waals surface area contributed by atoms with Gasteiger partial charge in [0.25, 0.3) is 5.69 Å². The van der Waals surface area contributed by atoms with Crippen molar-refractivity contribution >= 4 is 17.1 Å². The van der Waals surface area contributed by atoms with Gasteiger partial charge in [0.1, 0.15) is 5.69 Å². The Kier molecular flexibility index (Phi) is 4.15. The number of benzene rings is 1. The van der Waals surface area contributed by atoms with Crippen LogP contribution < -0.4 is 14.7 Å². The van der Waals surface area contributed by atoms with Crippen LogP contribution in [-0.4, -0.2) is 51.2 Å². The predicted molar refractivity (Wildman–Crippen MR) is 83.3 cm³/mol. The second-order valence-electron chi connectivity index (χ2n) is 6.19. The molecule has 2 heterocycles. The lowest BCUT2D eigenvalue weighted by Crippen LogP contribution is -3.12. The van der Waals surface area contributed by atoms with Crippen LogP contribution in [0, 0.1) is 15.9 Å². The maximum Gasteiger partial charge on any atom is 0.295 e. The van der Waals surface area contributed by atoms with Gasteiger partial charge in [0, 0.05) is 13.1 Å². The van der Waals surface area contributed by atoms with E-state index in [4.69, 9.17) is 0 Å². The van der Waals surface area contributed by atoms with Crippen LogP contribution in [0.15, 0.2) is 12.1 Å². The van der Waals surface area contributed by atoms with Gasteiger partial charge in [-0.25, -0.2) is 4.39 Å². The number of nitro benzene ring substituents is 1. The number of piperazine rings is 1. The summed E-state index contributed by atoms with van der Waals surface area (Å²) in [6, 6.07) is 2.77. The van der Waals surface area contributed by atoms with Crippen molar-refractivity contribution in [1.82, 2.24) is 0 Å². The molecule has 1 aromatic carbocycles. The fraction of sp³-hybridized carbons (Fsp3) is 0.600. The number of anilines is 2. The molecule has 0 aliphatic carbocycles. The van der Waals surface area contributed by atoms with Gasteiger partial charge >= 0.3 is 0 Å².